The molecule has 0 atom stereocenters. The van der Waals surface area contributed by atoms with Crippen LogP contribution in [0.5, 0.6) is 0 Å². The third-order valence-electron chi connectivity index (χ3n) is 3.70. The van der Waals surface area contributed by atoms with Gasteiger partial charge in [0.1, 0.15) is 16.9 Å². The molecule has 2 N–H and O–H groups in total. The summed E-state index contributed by atoms with van der Waals surface area (Å²) in [6, 6.07) is 6.38. The van der Waals surface area contributed by atoms with E-state index < -0.39 is 0 Å². The van der Waals surface area contributed by atoms with Crippen LogP contribution in [-0.4, -0.2) is 20.2 Å². The maximum absolute atomic E-state index is 12.2. The van der Waals surface area contributed by atoms with Gasteiger partial charge in [0, 0.05) is 6.42 Å². The molecule has 0 fully saturated rings. The van der Waals surface area contributed by atoms with E-state index in [9.17, 15) is 4.79 Å². The van der Waals surface area contributed by atoms with Gasteiger partial charge in [0.15, 0.2) is 0 Å². The molecule has 0 bridgehead atoms. The van der Waals surface area contributed by atoms with Crippen molar-refractivity contribution in [2.24, 2.45) is 0 Å². The molecule has 5 nitrogen and oxygen atoms in total. The Kier molecular flexibility index (Phi) is 3.56. The molecule has 0 aliphatic heterocycles. The number of fused-ring (bicyclic) bond motifs is 1. The first-order valence-electron chi connectivity index (χ1n) is 7.48. The lowest BCUT2D eigenvalue weighted by Crippen LogP contribution is -2.12. The number of H-pyrrole nitrogens is 2. The lowest BCUT2D eigenvalue weighted by Gasteiger charge is -2.06. The average molecular weight is 296 g/mol. The first-order valence-corrected chi connectivity index (χ1v) is 7.48. The third-order valence-corrected chi connectivity index (χ3v) is 3.70. The summed E-state index contributed by atoms with van der Waals surface area (Å²) >= 11 is 0. The molecule has 114 valence electrons. The number of hydrogen-bond acceptors (Lipinski definition) is 3. The number of aryl methyl sites for hydroxylation is 2. The fourth-order valence-electron chi connectivity index (χ4n) is 2.83. The van der Waals surface area contributed by atoms with Gasteiger partial charge in [0.25, 0.3) is 5.56 Å². The zero-order valence-electron chi connectivity index (χ0n) is 13.3. The number of rotatable bonds is 3. The SMILES string of the molecule is Cc1cc(C)cc(Cc2nc3c(C(C)C)n[nH]c3c(=O)[nH]2)c1. The van der Waals surface area contributed by atoms with Crippen LogP contribution in [-0.2, 0) is 6.42 Å². The van der Waals surface area contributed by atoms with Crippen molar-refractivity contribution < 1.29 is 0 Å². The number of aromatic nitrogens is 4. The van der Waals surface area contributed by atoms with Crippen molar-refractivity contribution in [3.05, 3.63) is 56.8 Å². The average Bonchev–Trinajstić information content (AvgIpc) is 2.81. The van der Waals surface area contributed by atoms with Gasteiger partial charge in [-0.2, -0.15) is 5.10 Å². The monoisotopic (exact) mass is 296 g/mol. The first kappa shape index (κ1) is 14.5. The largest absolute Gasteiger partial charge is 0.308 e. The second-order valence-electron chi connectivity index (χ2n) is 6.17. The minimum Gasteiger partial charge on any atom is -0.308 e. The first-order chi connectivity index (χ1) is 10.4. The van der Waals surface area contributed by atoms with Crippen molar-refractivity contribution in [1.29, 1.82) is 0 Å². The third kappa shape index (κ3) is 2.66. The number of nitrogens with zero attached hydrogens (tertiary/aromatic N) is 2. The van der Waals surface area contributed by atoms with Crippen LogP contribution >= 0.6 is 0 Å². The summed E-state index contributed by atoms with van der Waals surface area (Å²) in [6.45, 7) is 8.23. The zero-order chi connectivity index (χ0) is 15.9. The smallest absolute Gasteiger partial charge is 0.276 e. The number of hydrogen-bond donors (Lipinski definition) is 2. The van der Waals surface area contributed by atoms with Crippen molar-refractivity contribution in [1.82, 2.24) is 20.2 Å². The fourth-order valence-corrected chi connectivity index (χ4v) is 2.83. The van der Waals surface area contributed by atoms with E-state index in [1.54, 1.807) is 0 Å². The van der Waals surface area contributed by atoms with Crippen LogP contribution in [0, 0.1) is 13.8 Å². The van der Waals surface area contributed by atoms with E-state index in [4.69, 9.17) is 0 Å². The van der Waals surface area contributed by atoms with Gasteiger partial charge < -0.3 is 4.98 Å². The van der Waals surface area contributed by atoms with E-state index in [1.807, 2.05) is 13.8 Å². The predicted molar refractivity (Wildman–Crippen MR) is 87.3 cm³/mol. The molecule has 2 aromatic heterocycles. The summed E-state index contributed by atoms with van der Waals surface area (Å²) in [5, 5.41) is 7.02. The molecule has 0 aliphatic carbocycles. The zero-order valence-corrected chi connectivity index (χ0v) is 13.3. The highest BCUT2D eigenvalue weighted by atomic mass is 16.1. The predicted octanol–water partition coefficient (Wildman–Crippen LogP) is 2.98. The van der Waals surface area contributed by atoms with Gasteiger partial charge in [-0.15, -0.1) is 0 Å². The second kappa shape index (κ2) is 5.40. The molecule has 2 heterocycles. The van der Waals surface area contributed by atoms with E-state index in [-0.39, 0.29) is 11.5 Å². The quantitative estimate of drug-likeness (QED) is 0.780. The van der Waals surface area contributed by atoms with E-state index >= 15 is 0 Å². The molecule has 0 radical (unpaired) electrons. The van der Waals surface area contributed by atoms with Gasteiger partial charge in [-0.25, -0.2) is 4.98 Å². The molecule has 3 rings (SSSR count). The number of aromatic amines is 2. The molecule has 0 aliphatic rings. The molecule has 1 aromatic carbocycles. The fraction of sp³-hybridized carbons (Fsp3) is 0.353. The van der Waals surface area contributed by atoms with E-state index in [2.05, 4.69) is 52.2 Å². The molecule has 3 aromatic rings. The minimum absolute atomic E-state index is 0.163. The van der Waals surface area contributed by atoms with Crippen molar-refractivity contribution in [3.8, 4) is 0 Å². The van der Waals surface area contributed by atoms with Gasteiger partial charge in [-0.05, 0) is 25.3 Å². The molecule has 0 unspecified atom stereocenters. The summed E-state index contributed by atoms with van der Waals surface area (Å²) in [5.41, 5.74) is 5.38. The normalized spacial score (nSPS) is 11.5. The molecule has 0 amide bonds. The standard InChI is InChI=1S/C17H20N4O/c1-9(2)14-15-16(21-20-14)17(22)19-13(18-15)8-12-6-10(3)5-11(4)7-12/h5-7,9H,8H2,1-4H3,(H,20,21)(H,18,19,22). The minimum atomic E-state index is -0.163. The van der Waals surface area contributed by atoms with Crippen LogP contribution in [0.2, 0.25) is 0 Å². The maximum Gasteiger partial charge on any atom is 0.276 e. The van der Waals surface area contributed by atoms with Crippen LogP contribution in [0.1, 0.15) is 48.0 Å². The Morgan fingerprint density at radius 3 is 2.45 bits per heavy atom. The molecular weight excluding hydrogens is 276 g/mol. The molecule has 0 saturated heterocycles. The summed E-state index contributed by atoms with van der Waals surface area (Å²) in [5.74, 6) is 0.892. The van der Waals surface area contributed by atoms with Gasteiger partial charge in [-0.1, -0.05) is 43.2 Å². The van der Waals surface area contributed by atoms with Crippen LogP contribution in [0.25, 0.3) is 11.0 Å². The number of nitrogens with one attached hydrogen (secondary N) is 2. The van der Waals surface area contributed by atoms with Gasteiger partial charge in [-0.3, -0.25) is 9.89 Å². The Morgan fingerprint density at radius 1 is 1.14 bits per heavy atom. The molecule has 0 saturated carbocycles. The van der Waals surface area contributed by atoms with Crippen molar-refractivity contribution in [3.63, 3.8) is 0 Å². The van der Waals surface area contributed by atoms with Crippen molar-refractivity contribution >= 4 is 11.0 Å². The summed E-state index contributed by atoms with van der Waals surface area (Å²) in [7, 11) is 0. The van der Waals surface area contributed by atoms with Crippen molar-refractivity contribution in [2.75, 3.05) is 0 Å². The lowest BCUT2D eigenvalue weighted by atomic mass is 10.0. The highest BCUT2D eigenvalue weighted by Crippen LogP contribution is 2.19. The highest BCUT2D eigenvalue weighted by molar-refractivity contribution is 5.76. The van der Waals surface area contributed by atoms with Crippen LogP contribution in [0.4, 0.5) is 0 Å². The van der Waals surface area contributed by atoms with E-state index in [0.29, 0.717) is 23.3 Å². The van der Waals surface area contributed by atoms with Gasteiger partial charge in [0.05, 0.1) is 5.69 Å². The van der Waals surface area contributed by atoms with Crippen LogP contribution in [0.3, 0.4) is 0 Å². The second-order valence-corrected chi connectivity index (χ2v) is 6.17. The van der Waals surface area contributed by atoms with Crippen LogP contribution in [0.15, 0.2) is 23.0 Å². The topological polar surface area (TPSA) is 74.4 Å². The van der Waals surface area contributed by atoms with Gasteiger partial charge >= 0.3 is 0 Å². The summed E-state index contributed by atoms with van der Waals surface area (Å²) in [6.07, 6.45) is 0.608. The van der Waals surface area contributed by atoms with Gasteiger partial charge in [0.2, 0.25) is 0 Å². The molecule has 0 spiro atoms. The summed E-state index contributed by atoms with van der Waals surface area (Å²) < 4.78 is 0. The molecular formula is C17H20N4O. The lowest BCUT2D eigenvalue weighted by molar-refractivity contribution is 0.814. The molecule has 22 heavy (non-hydrogen) atoms. The Bertz CT molecular complexity index is 869. The summed E-state index contributed by atoms with van der Waals surface area (Å²) in [4.78, 5) is 19.7. The Morgan fingerprint density at radius 2 is 1.82 bits per heavy atom. The van der Waals surface area contributed by atoms with Crippen LogP contribution < -0.4 is 5.56 Å². The maximum atomic E-state index is 12.2. The number of benzene rings is 1. The Labute approximate surface area is 128 Å². The van der Waals surface area contributed by atoms with E-state index in [0.717, 1.165) is 11.3 Å². The Balaban J connectivity index is 2.07. The Hall–Kier alpha value is -2.43. The highest BCUT2D eigenvalue weighted by Gasteiger charge is 2.14. The van der Waals surface area contributed by atoms with E-state index in [1.165, 1.54) is 11.1 Å². The van der Waals surface area contributed by atoms with Crippen molar-refractivity contribution in [2.45, 2.75) is 40.0 Å². The molecule has 5 heteroatoms.